The molecule has 0 saturated carbocycles. The third kappa shape index (κ3) is 2.94. The lowest BCUT2D eigenvalue weighted by atomic mass is 9.93. The number of cyclic esters (lactones) is 1. The van der Waals surface area contributed by atoms with Crippen LogP contribution in [0.3, 0.4) is 0 Å². The van der Waals surface area contributed by atoms with Gasteiger partial charge in [-0.15, -0.1) is 0 Å². The van der Waals surface area contributed by atoms with Gasteiger partial charge in [0.15, 0.2) is 6.10 Å². The summed E-state index contributed by atoms with van der Waals surface area (Å²) in [6.07, 6.45) is -1.47. The number of carbonyl (C=O) groups is 1. The molecule has 3 aromatic rings. The van der Waals surface area contributed by atoms with Crippen LogP contribution in [0.5, 0.6) is 5.75 Å². The van der Waals surface area contributed by atoms with Crippen LogP contribution in [0.25, 0.3) is 22.3 Å². The van der Waals surface area contributed by atoms with E-state index < -0.39 is 12.1 Å². The molecule has 8 nitrogen and oxygen atoms in total. The second-order valence-corrected chi connectivity index (χ2v) is 8.59. The van der Waals surface area contributed by atoms with Crippen molar-refractivity contribution in [1.82, 2.24) is 14.5 Å². The quantitative estimate of drug-likeness (QED) is 0.487. The van der Waals surface area contributed by atoms with Gasteiger partial charge in [-0.25, -0.2) is 9.78 Å². The predicted octanol–water partition coefficient (Wildman–Crippen LogP) is 1.89. The first-order valence-corrected chi connectivity index (χ1v) is 10.2. The predicted molar refractivity (Wildman–Crippen MR) is 114 cm³/mol. The molecule has 0 spiro atoms. The summed E-state index contributed by atoms with van der Waals surface area (Å²) >= 11 is 0. The number of benzene rings is 1. The number of carbonyl (C=O) groups excluding carboxylic acids is 1. The standard InChI is InChI=1S/C23H23N3O5/c1-11(8-25(2)3)19-14-6-12-9-26-17(20(12)24-16(14)4-5-18(19)27)7-13-15(22(26)29)10-31-23(30)21(13)28/h4-7,11,21,27-28H,8-10H2,1-3H3. The molecule has 4 heterocycles. The lowest BCUT2D eigenvalue weighted by molar-refractivity contribution is -0.157. The lowest BCUT2D eigenvalue weighted by Crippen LogP contribution is -2.32. The molecule has 2 atom stereocenters. The molecule has 0 amide bonds. The number of fused-ring (bicyclic) bond motifs is 5. The highest BCUT2D eigenvalue weighted by Gasteiger charge is 2.34. The number of aliphatic hydroxyl groups is 1. The van der Waals surface area contributed by atoms with Crippen molar-refractivity contribution in [2.24, 2.45) is 0 Å². The highest BCUT2D eigenvalue weighted by Crippen LogP contribution is 2.39. The Labute approximate surface area is 178 Å². The molecule has 1 aromatic carbocycles. The number of nitrogens with zero attached hydrogens (tertiary/aromatic N) is 3. The van der Waals surface area contributed by atoms with Gasteiger partial charge in [0, 0.05) is 28.6 Å². The molecule has 2 unspecified atom stereocenters. The molecular formula is C23H23N3O5. The largest absolute Gasteiger partial charge is 0.508 e. The first-order chi connectivity index (χ1) is 14.8. The van der Waals surface area contributed by atoms with E-state index in [9.17, 15) is 19.8 Å². The van der Waals surface area contributed by atoms with Gasteiger partial charge in [-0.05, 0) is 44.3 Å². The van der Waals surface area contributed by atoms with Crippen LogP contribution in [0, 0.1) is 0 Å². The van der Waals surface area contributed by atoms with Gasteiger partial charge in [-0.2, -0.15) is 0 Å². The van der Waals surface area contributed by atoms with Crippen molar-refractivity contribution in [2.75, 3.05) is 20.6 Å². The fourth-order valence-corrected chi connectivity index (χ4v) is 4.77. The van der Waals surface area contributed by atoms with Gasteiger partial charge in [-0.3, -0.25) is 4.79 Å². The first-order valence-electron chi connectivity index (χ1n) is 10.2. The Bertz CT molecular complexity index is 1310. The molecule has 2 aliphatic rings. The molecule has 0 radical (unpaired) electrons. The number of hydrogen-bond donors (Lipinski definition) is 2. The molecule has 2 aliphatic heterocycles. The monoisotopic (exact) mass is 421 g/mol. The van der Waals surface area contributed by atoms with Gasteiger partial charge in [0.25, 0.3) is 5.56 Å². The zero-order valence-electron chi connectivity index (χ0n) is 17.5. The van der Waals surface area contributed by atoms with Crippen molar-refractivity contribution in [2.45, 2.75) is 32.1 Å². The van der Waals surface area contributed by atoms with Gasteiger partial charge in [-0.1, -0.05) is 6.92 Å². The van der Waals surface area contributed by atoms with Crippen molar-refractivity contribution < 1.29 is 19.7 Å². The lowest BCUT2D eigenvalue weighted by Gasteiger charge is -2.21. The molecule has 160 valence electrons. The maximum atomic E-state index is 13.1. The number of ether oxygens (including phenoxy) is 1. The SMILES string of the molecule is CC(CN(C)C)c1c(O)ccc2nc3c(cc12)Cn1c-3cc2c(c1=O)COC(=O)C2O. The third-order valence-electron chi connectivity index (χ3n) is 6.11. The third-order valence-corrected chi connectivity index (χ3v) is 6.11. The summed E-state index contributed by atoms with van der Waals surface area (Å²) in [5, 5.41) is 21.7. The van der Waals surface area contributed by atoms with Crippen LogP contribution in [0.4, 0.5) is 0 Å². The summed E-state index contributed by atoms with van der Waals surface area (Å²) < 4.78 is 6.54. The fourth-order valence-electron chi connectivity index (χ4n) is 4.77. The minimum absolute atomic E-state index is 0.0793. The summed E-state index contributed by atoms with van der Waals surface area (Å²) in [5.41, 5.74) is 3.93. The minimum Gasteiger partial charge on any atom is -0.508 e. The topological polar surface area (TPSA) is 105 Å². The molecule has 0 fully saturated rings. The number of esters is 1. The molecule has 0 saturated heterocycles. The molecule has 0 bridgehead atoms. The maximum Gasteiger partial charge on any atom is 0.340 e. The minimum atomic E-state index is -1.47. The Balaban J connectivity index is 1.70. The number of aromatic nitrogens is 2. The number of hydrogen-bond acceptors (Lipinski definition) is 7. The second-order valence-electron chi connectivity index (χ2n) is 8.59. The summed E-state index contributed by atoms with van der Waals surface area (Å²) in [6.45, 7) is 3.02. The van der Waals surface area contributed by atoms with E-state index in [4.69, 9.17) is 9.72 Å². The molecular weight excluding hydrogens is 398 g/mol. The Morgan fingerprint density at radius 3 is 2.81 bits per heavy atom. The molecule has 0 aliphatic carbocycles. The normalized spacial score (nSPS) is 18.0. The molecule has 5 rings (SSSR count). The summed E-state index contributed by atoms with van der Waals surface area (Å²) in [6, 6.07) is 7.07. The number of aliphatic hydroxyl groups excluding tert-OH is 1. The summed E-state index contributed by atoms with van der Waals surface area (Å²) in [4.78, 5) is 31.7. The van der Waals surface area contributed by atoms with E-state index in [0.29, 0.717) is 23.5 Å². The Hall–Kier alpha value is -3.23. The highest BCUT2D eigenvalue weighted by molar-refractivity contribution is 5.89. The van der Waals surface area contributed by atoms with E-state index in [-0.39, 0.29) is 29.4 Å². The van der Waals surface area contributed by atoms with E-state index in [2.05, 4.69) is 11.8 Å². The van der Waals surface area contributed by atoms with Crippen molar-refractivity contribution in [1.29, 1.82) is 0 Å². The van der Waals surface area contributed by atoms with Crippen LogP contribution in [0.1, 0.15) is 41.2 Å². The Morgan fingerprint density at radius 2 is 2.06 bits per heavy atom. The van der Waals surface area contributed by atoms with Crippen LogP contribution in [-0.2, 0) is 22.7 Å². The van der Waals surface area contributed by atoms with Gasteiger partial charge in [0.1, 0.15) is 12.4 Å². The zero-order valence-corrected chi connectivity index (χ0v) is 17.5. The van der Waals surface area contributed by atoms with Crippen molar-refractivity contribution in [3.05, 3.63) is 56.9 Å². The molecule has 8 heteroatoms. The van der Waals surface area contributed by atoms with Crippen LogP contribution in [-0.4, -0.2) is 51.3 Å². The summed E-state index contributed by atoms with van der Waals surface area (Å²) in [7, 11) is 3.98. The van der Waals surface area contributed by atoms with Gasteiger partial charge in [0.05, 0.1) is 29.0 Å². The number of aromatic hydroxyl groups is 1. The Kier molecular flexibility index (Phi) is 4.39. The van der Waals surface area contributed by atoms with Crippen LogP contribution in [0.15, 0.2) is 29.1 Å². The van der Waals surface area contributed by atoms with Gasteiger partial charge >= 0.3 is 5.97 Å². The Morgan fingerprint density at radius 1 is 1.29 bits per heavy atom. The van der Waals surface area contributed by atoms with Gasteiger partial charge < -0.3 is 24.4 Å². The number of phenolic OH excluding ortho intramolecular Hbond substituents is 1. The zero-order chi connectivity index (χ0) is 22.0. The van der Waals surface area contributed by atoms with Crippen molar-refractivity contribution in [3.8, 4) is 17.1 Å². The maximum absolute atomic E-state index is 13.1. The highest BCUT2D eigenvalue weighted by atomic mass is 16.5. The average Bonchev–Trinajstić information content (AvgIpc) is 3.07. The number of phenols is 1. The van der Waals surface area contributed by atoms with Crippen LogP contribution >= 0.6 is 0 Å². The van der Waals surface area contributed by atoms with Crippen LogP contribution < -0.4 is 5.56 Å². The van der Waals surface area contributed by atoms with E-state index in [1.54, 1.807) is 22.8 Å². The van der Waals surface area contributed by atoms with E-state index >= 15 is 0 Å². The van der Waals surface area contributed by atoms with E-state index in [1.165, 1.54) is 0 Å². The average molecular weight is 421 g/mol. The van der Waals surface area contributed by atoms with Crippen LogP contribution in [0.2, 0.25) is 0 Å². The van der Waals surface area contributed by atoms with E-state index in [0.717, 1.165) is 28.6 Å². The number of likely N-dealkylation sites (N-methyl/N-ethyl adjacent to an activating group) is 1. The number of rotatable bonds is 3. The fraction of sp³-hybridized carbons (Fsp3) is 0.348. The first kappa shape index (κ1) is 19.7. The van der Waals surface area contributed by atoms with Gasteiger partial charge in [0.2, 0.25) is 0 Å². The smallest absolute Gasteiger partial charge is 0.340 e. The van der Waals surface area contributed by atoms with Crippen molar-refractivity contribution >= 4 is 16.9 Å². The number of pyridine rings is 2. The van der Waals surface area contributed by atoms with Crippen molar-refractivity contribution in [3.63, 3.8) is 0 Å². The summed E-state index contributed by atoms with van der Waals surface area (Å²) in [5.74, 6) is -0.447. The molecule has 2 N–H and O–H groups in total. The molecule has 31 heavy (non-hydrogen) atoms. The van der Waals surface area contributed by atoms with E-state index in [1.807, 2.05) is 20.2 Å². The second kappa shape index (κ2) is 6.90. The molecule has 2 aromatic heterocycles.